The van der Waals surface area contributed by atoms with Crippen LogP contribution in [0, 0.1) is 34.5 Å². The summed E-state index contributed by atoms with van der Waals surface area (Å²) in [6.07, 6.45) is 3.39. The first-order chi connectivity index (χ1) is 9.79. The van der Waals surface area contributed by atoms with Crippen LogP contribution in [0.4, 0.5) is 0 Å². The molecule has 3 unspecified atom stereocenters. The van der Waals surface area contributed by atoms with Crippen molar-refractivity contribution in [2.75, 3.05) is 26.8 Å². The minimum absolute atomic E-state index is 0.180. The van der Waals surface area contributed by atoms with Gasteiger partial charge in [0.1, 0.15) is 0 Å². The van der Waals surface area contributed by atoms with Crippen molar-refractivity contribution >= 4 is 0 Å². The van der Waals surface area contributed by atoms with E-state index in [4.69, 9.17) is 4.74 Å². The standard InChI is InChI=1S/C18H34N2O/c1-14(2)13-20(9-10-21-6)17-11-16(18(3,4)5)8-7-15(17)12-19/h14-17H,7-11,13H2,1-6H3. The minimum atomic E-state index is 0.180. The number of nitrogens with zero attached hydrogens (tertiary/aromatic N) is 2. The molecule has 1 saturated carbocycles. The highest BCUT2D eigenvalue weighted by Gasteiger charge is 2.38. The third kappa shape index (κ3) is 5.60. The largest absolute Gasteiger partial charge is 0.383 e. The highest BCUT2D eigenvalue weighted by Crippen LogP contribution is 2.41. The molecule has 0 aromatic heterocycles. The van der Waals surface area contributed by atoms with E-state index in [-0.39, 0.29) is 5.92 Å². The molecule has 0 aromatic rings. The summed E-state index contributed by atoms with van der Waals surface area (Å²) in [5.41, 5.74) is 0.337. The van der Waals surface area contributed by atoms with Gasteiger partial charge in [0, 0.05) is 26.2 Å². The highest BCUT2D eigenvalue weighted by molar-refractivity contribution is 4.99. The van der Waals surface area contributed by atoms with Crippen molar-refractivity contribution in [2.24, 2.45) is 23.2 Å². The average molecular weight is 294 g/mol. The minimum Gasteiger partial charge on any atom is -0.383 e. The number of rotatable bonds is 6. The summed E-state index contributed by atoms with van der Waals surface area (Å²) in [7, 11) is 1.76. The molecule has 3 atom stereocenters. The summed E-state index contributed by atoms with van der Waals surface area (Å²) < 4.78 is 5.28. The van der Waals surface area contributed by atoms with Gasteiger partial charge in [-0.2, -0.15) is 5.26 Å². The molecule has 1 aliphatic rings. The molecule has 3 heteroatoms. The molecule has 0 bridgehead atoms. The Kier molecular flexibility index (Phi) is 7.16. The molecule has 0 aromatic carbocycles. The summed E-state index contributed by atoms with van der Waals surface area (Å²) in [6, 6.07) is 2.97. The number of ether oxygens (including phenoxy) is 1. The van der Waals surface area contributed by atoms with Crippen molar-refractivity contribution < 1.29 is 4.74 Å². The van der Waals surface area contributed by atoms with Gasteiger partial charge in [0.05, 0.1) is 18.6 Å². The molecular weight excluding hydrogens is 260 g/mol. The summed E-state index contributed by atoms with van der Waals surface area (Å²) in [5, 5.41) is 9.55. The molecule has 0 spiro atoms. The molecule has 0 heterocycles. The van der Waals surface area contributed by atoms with Gasteiger partial charge in [0.2, 0.25) is 0 Å². The number of hydrogen-bond donors (Lipinski definition) is 0. The molecule has 0 saturated heterocycles. The second-order valence-corrected chi connectivity index (χ2v) is 8.06. The van der Waals surface area contributed by atoms with Crippen molar-refractivity contribution in [3.63, 3.8) is 0 Å². The zero-order valence-electron chi connectivity index (χ0n) is 14.9. The van der Waals surface area contributed by atoms with Gasteiger partial charge in [-0.15, -0.1) is 0 Å². The molecule has 0 radical (unpaired) electrons. The molecule has 3 nitrogen and oxygen atoms in total. The first kappa shape index (κ1) is 18.5. The van der Waals surface area contributed by atoms with Crippen LogP contribution in [0.2, 0.25) is 0 Å². The fraction of sp³-hybridized carbons (Fsp3) is 0.944. The van der Waals surface area contributed by atoms with E-state index in [0.29, 0.717) is 23.3 Å². The molecule has 0 N–H and O–H groups in total. The predicted octanol–water partition coefficient (Wildman–Crippen LogP) is 3.95. The van der Waals surface area contributed by atoms with Crippen molar-refractivity contribution in [2.45, 2.75) is 59.9 Å². The Hall–Kier alpha value is -0.590. The quantitative estimate of drug-likeness (QED) is 0.744. The Labute approximate surface area is 131 Å². The van der Waals surface area contributed by atoms with Crippen LogP contribution in [0.1, 0.15) is 53.9 Å². The van der Waals surface area contributed by atoms with E-state index >= 15 is 0 Å². The van der Waals surface area contributed by atoms with Crippen molar-refractivity contribution in [1.29, 1.82) is 5.26 Å². The molecule has 0 aliphatic heterocycles. The van der Waals surface area contributed by atoms with Gasteiger partial charge in [-0.25, -0.2) is 0 Å². The Morgan fingerprint density at radius 1 is 1.29 bits per heavy atom. The molecule has 1 rings (SSSR count). The first-order valence-electron chi connectivity index (χ1n) is 8.42. The second kappa shape index (κ2) is 8.15. The lowest BCUT2D eigenvalue weighted by Gasteiger charge is -2.44. The van der Waals surface area contributed by atoms with Crippen LogP contribution >= 0.6 is 0 Å². The molecule has 122 valence electrons. The number of hydrogen-bond acceptors (Lipinski definition) is 3. The Bertz CT molecular complexity index is 340. The van der Waals surface area contributed by atoms with E-state index in [0.717, 1.165) is 32.5 Å². The zero-order valence-corrected chi connectivity index (χ0v) is 14.9. The van der Waals surface area contributed by atoms with Crippen molar-refractivity contribution in [3.8, 4) is 6.07 Å². The smallest absolute Gasteiger partial charge is 0.0672 e. The van der Waals surface area contributed by atoms with Gasteiger partial charge >= 0.3 is 0 Å². The van der Waals surface area contributed by atoms with Crippen molar-refractivity contribution in [1.82, 2.24) is 4.90 Å². The highest BCUT2D eigenvalue weighted by atomic mass is 16.5. The van der Waals surface area contributed by atoms with Gasteiger partial charge in [0.15, 0.2) is 0 Å². The Morgan fingerprint density at radius 2 is 1.95 bits per heavy atom. The third-order valence-electron chi connectivity index (χ3n) is 4.86. The molecular formula is C18H34N2O. The van der Waals surface area contributed by atoms with E-state index in [1.165, 1.54) is 6.42 Å². The lowest BCUT2D eigenvalue weighted by atomic mass is 9.67. The van der Waals surface area contributed by atoms with Crippen LogP contribution in [0.25, 0.3) is 0 Å². The zero-order chi connectivity index (χ0) is 16.0. The number of methoxy groups -OCH3 is 1. The van der Waals surface area contributed by atoms with Gasteiger partial charge < -0.3 is 4.74 Å². The molecule has 0 amide bonds. The van der Waals surface area contributed by atoms with Crippen LogP contribution in [0.15, 0.2) is 0 Å². The summed E-state index contributed by atoms with van der Waals surface area (Å²) in [5.74, 6) is 1.51. The van der Waals surface area contributed by atoms with E-state index in [9.17, 15) is 5.26 Å². The van der Waals surface area contributed by atoms with Crippen LogP contribution in [-0.4, -0.2) is 37.7 Å². The van der Waals surface area contributed by atoms with Crippen LogP contribution in [-0.2, 0) is 4.74 Å². The lowest BCUT2D eigenvalue weighted by Crippen LogP contribution is -2.48. The average Bonchev–Trinajstić information content (AvgIpc) is 2.41. The van der Waals surface area contributed by atoms with Gasteiger partial charge in [-0.3, -0.25) is 4.90 Å². The topological polar surface area (TPSA) is 36.3 Å². The monoisotopic (exact) mass is 294 g/mol. The van der Waals surface area contributed by atoms with Gasteiger partial charge in [-0.05, 0) is 36.5 Å². The molecule has 1 fully saturated rings. The van der Waals surface area contributed by atoms with Gasteiger partial charge in [-0.1, -0.05) is 34.6 Å². The Morgan fingerprint density at radius 3 is 2.43 bits per heavy atom. The van der Waals surface area contributed by atoms with Gasteiger partial charge in [0.25, 0.3) is 0 Å². The van der Waals surface area contributed by atoms with Crippen LogP contribution in [0.5, 0.6) is 0 Å². The maximum atomic E-state index is 9.55. The van der Waals surface area contributed by atoms with E-state index < -0.39 is 0 Å². The fourth-order valence-corrected chi connectivity index (χ4v) is 3.56. The summed E-state index contributed by atoms with van der Waals surface area (Å²) in [6.45, 7) is 14.3. The second-order valence-electron chi connectivity index (χ2n) is 8.06. The first-order valence-corrected chi connectivity index (χ1v) is 8.42. The predicted molar refractivity (Wildman–Crippen MR) is 88.0 cm³/mol. The maximum absolute atomic E-state index is 9.55. The van der Waals surface area contributed by atoms with E-state index in [1.807, 2.05) is 0 Å². The van der Waals surface area contributed by atoms with Crippen molar-refractivity contribution in [3.05, 3.63) is 0 Å². The SMILES string of the molecule is COCCN(CC(C)C)C1CC(C(C)(C)C)CCC1C#N. The van der Waals surface area contributed by atoms with E-state index in [1.54, 1.807) is 7.11 Å². The third-order valence-corrected chi connectivity index (χ3v) is 4.86. The lowest BCUT2D eigenvalue weighted by molar-refractivity contribution is 0.0371. The maximum Gasteiger partial charge on any atom is 0.0672 e. The fourth-order valence-electron chi connectivity index (χ4n) is 3.56. The summed E-state index contributed by atoms with van der Waals surface area (Å²) in [4.78, 5) is 2.51. The van der Waals surface area contributed by atoms with E-state index in [2.05, 4.69) is 45.6 Å². The van der Waals surface area contributed by atoms with Crippen LogP contribution < -0.4 is 0 Å². The van der Waals surface area contributed by atoms with Crippen LogP contribution in [0.3, 0.4) is 0 Å². The Balaban J connectivity index is 2.85. The number of nitriles is 1. The summed E-state index contributed by atoms with van der Waals surface area (Å²) >= 11 is 0. The molecule has 1 aliphatic carbocycles. The normalized spacial score (nSPS) is 27.1. The molecule has 21 heavy (non-hydrogen) atoms.